The van der Waals surface area contributed by atoms with E-state index in [0.29, 0.717) is 44.8 Å². The number of nitrogens with zero attached hydrogens (tertiary/aromatic N) is 1. The molecule has 5 heteroatoms. The number of nitrogens with two attached hydrogens (primary N) is 1. The van der Waals surface area contributed by atoms with Gasteiger partial charge in [-0.05, 0) is 37.3 Å². The Bertz CT molecular complexity index is 536. The predicted molar refractivity (Wildman–Crippen MR) is 102 cm³/mol. The number of hydrogen-bond donors (Lipinski definition) is 2. The standard InChI is InChI=1S/C20H33N3O2/c1-5-23(6-2)20(25)9-7-8-19(24)22-14-18(21)17-12-10-16(11-13-17)15(3)4/h10-13,15,18H,5-9,14,21H2,1-4H3,(H,22,24). The minimum absolute atomic E-state index is 0.0541. The van der Waals surface area contributed by atoms with Gasteiger partial charge in [0, 0.05) is 38.5 Å². The summed E-state index contributed by atoms with van der Waals surface area (Å²) < 4.78 is 0. The van der Waals surface area contributed by atoms with Crippen LogP contribution in [0.4, 0.5) is 0 Å². The van der Waals surface area contributed by atoms with E-state index in [1.54, 1.807) is 4.90 Å². The van der Waals surface area contributed by atoms with Gasteiger partial charge >= 0.3 is 0 Å². The lowest BCUT2D eigenvalue weighted by molar-refractivity contribution is -0.131. The number of rotatable bonds is 10. The van der Waals surface area contributed by atoms with Crippen molar-refractivity contribution < 1.29 is 9.59 Å². The van der Waals surface area contributed by atoms with Crippen molar-refractivity contribution in [2.45, 2.75) is 58.9 Å². The van der Waals surface area contributed by atoms with Crippen molar-refractivity contribution in [3.05, 3.63) is 35.4 Å². The SMILES string of the molecule is CCN(CC)C(=O)CCCC(=O)NCC(N)c1ccc(C(C)C)cc1. The maximum atomic E-state index is 11.9. The molecule has 1 rings (SSSR count). The summed E-state index contributed by atoms with van der Waals surface area (Å²) in [7, 11) is 0. The zero-order chi connectivity index (χ0) is 18.8. The second-order valence-electron chi connectivity index (χ2n) is 6.65. The van der Waals surface area contributed by atoms with Crippen LogP contribution in [-0.2, 0) is 9.59 Å². The minimum Gasteiger partial charge on any atom is -0.354 e. The van der Waals surface area contributed by atoms with E-state index in [-0.39, 0.29) is 17.9 Å². The average Bonchev–Trinajstić information content (AvgIpc) is 2.60. The van der Waals surface area contributed by atoms with E-state index in [9.17, 15) is 9.59 Å². The molecule has 1 unspecified atom stereocenters. The third kappa shape index (κ3) is 7.26. The molecule has 1 atom stereocenters. The zero-order valence-corrected chi connectivity index (χ0v) is 16.0. The van der Waals surface area contributed by atoms with E-state index in [0.717, 1.165) is 5.56 Å². The average molecular weight is 348 g/mol. The number of amides is 2. The molecule has 140 valence electrons. The third-order valence-electron chi connectivity index (χ3n) is 4.46. The molecule has 0 aromatic heterocycles. The Morgan fingerprint density at radius 1 is 1.04 bits per heavy atom. The molecule has 0 radical (unpaired) electrons. The molecular weight excluding hydrogens is 314 g/mol. The predicted octanol–water partition coefficient (Wildman–Crippen LogP) is 2.96. The fourth-order valence-corrected chi connectivity index (χ4v) is 2.69. The quantitative estimate of drug-likeness (QED) is 0.683. The Balaban J connectivity index is 2.32. The van der Waals surface area contributed by atoms with Gasteiger partial charge in [0.15, 0.2) is 0 Å². The number of benzene rings is 1. The monoisotopic (exact) mass is 347 g/mol. The summed E-state index contributed by atoms with van der Waals surface area (Å²) in [4.78, 5) is 25.6. The molecule has 0 spiro atoms. The van der Waals surface area contributed by atoms with Crippen LogP contribution in [-0.4, -0.2) is 36.3 Å². The Kier molecular flexibility index (Phi) is 9.21. The van der Waals surface area contributed by atoms with Crippen molar-refractivity contribution in [3.63, 3.8) is 0 Å². The van der Waals surface area contributed by atoms with E-state index in [1.165, 1.54) is 5.56 Å². The number of carbonyl (C=O) groups is 2. The van der Waals surface area contributed by atoms with Gasteiger partial charge in [-0.25, -0.2) is 0 Å². The summed E-state index contributed by atoms with van der Waals surface area (Å²) in [6, 6.07) is 7.99. The second kappa shape index (κ2) is 10.9. The number of hydrogen-bond acceptors (Lipinski definition) is 3. The lowest BCUT2D eigenvalue weighted by Crippen LogP contribution is -2.32. The van der Waals surface area contributed by atoms with E-state index in [2.05, 4.69) is 31.3 Å². The molecule has 0 aliphatic heterocycles. The summed E-state index contributed by atoms with van der Waals surface area (Å²) in [5, 5.41) is 2.86. The maximum Gasteiger partial charge on any atom is 0.222 e. The van der Waals surface area contributed by atoms with Gasteiger partial charge in [-0.15, -0.1) is 0 Å². The fraction of sp³-hybridized carbons (Fsp3) is 0.600. The smallest absolute Gasteiger partial charge is 0.222 e. The van der Waals surface area contributed by atoms with E-state index < -0.39 is 0 Å². The van der Waals surface area contributed by atoms with E-state index in [4.69, 9.17) is 5.73 Å². The van der Waals surface area contributed by atoms with Gasteiger partial charge in [-0.1, -0.05) is 38.1 Å². The summed E-state index contributed by atoms with van der Waals surface area (Å²) in [5.41, 5.74) is 8.44. The van der Waals surface area contributed by atoms with Crippen LogP contribution in [0, 0.1) is 0 Å². The molecule has 3 N–H and O–H groups in total. The van der Waals surface area contributed by atoms with Crippen molar-refractivity contribution in [1.82, 2.24) is 10.2 Å². The first-order valence-corrected chi connectivity index (χ1v) is 9.28. The van der Waals surface area contributed by atoms with Crippen LogP contribution in [0.1, 0.15) is 70.0 Å². The summed E-state index contributed by atoms with van der Waals surface area (Å²) >= 11 is 0. The van der Waals surface area contributed by atoms with Gasteiger partial charge in [0.1, 0.15) is 0 Å². The van der Waals surface area contributed by atoms with Gasteiger partial charge in [-0.3, -0.25) is 9.59 Å². The second-order valence-corrected chi connectivity index (χ2v) is 6.65. The molecule has 25 heavy (non-hydrogen) atoms. The van der Waals surface area contributed by atoms with Gasteiger partial charge in [0.05, 0.1) is 0 Å². The van der Waals surface area contributed by atoms with Crippen molar-refractivity contribution in [3.8, 4) is 0 Å². The van der Waals surface area contributed by atoms with Crippen molar-refractivity contribution in [1.29, 1.82) is 0 Å². The van der Waals surface area contributed by atoms with Crippen LogP contribution in [0.2, 0.25) is 0 Å². The summed E-state index contributed by atoms with van der Waals surface area (Å²) in [6.07, 6.45) is 1.34. The Hall–Kier alpha value is -1.88. The first-order chi connectivity index (χ1) is 11.9. The van der Waals surface area contributed by atoms with Crippen molar-refractivity contribution in [2.75, 3.05) is 19.6 Å². The highest BCUT2D eigenvalue weighted by Crippen LogP contribution is 2.17. The van der Waals surface area contributed by atoms with Gasteiger partial charge in [0.25, 0.3) is 0 Å². The molecule has 0 aliphatic carbocycles. The highest BCUT2D eigenvalue weighted by molar-refractivity contribution is 5.78. The van der Waals surface area contributed by atoms with E-state index in [1.807, 2.05) is 26.0 Å². The zero-order valence-electron chi connectivity index (χ0n) is 16.0. The van der Waals surface area contributed by atoms with Gasteiger partial charge in [0.2, 0.25) is 11.8 Å². The molecular formula is C20H33N3O2. The lowest BCUT2D eigenvalue weighted by Gasteiger charge is -2.18. The van der Waals surface area contributed by atoms with Crippen LogP contribution >= 0.6 is 0 Å². The Labute approximate surface area is 152 Å². The topological polar surface area (TPSA) is 75.4 Å². The van der Waals surface area contributed by atoms with Crippen LogP contribution in [0.5, 0.6) is 0 Å². The van der Waals surface area contributed by atoms with E-state index >= 15 is 0 Å². The van der Waals surface area contributed by atoms with Crippen molar-refractivity contribution >= 4 is 11.8 Å². The number of nitrogens with one attached hydrogen (secondary N) is 1. The van der Waals surface area contributed by atoms with Crippen LogP contribution in [0.3, 0.4) is 0 Å². The van der Waals surface area contributed by atoms with Crippen LogP contribution in [0.25, 0.3) is 0 Å². The minimum atomic E-state index is -0.220. The highest BCUT2D eigenvalue weighted by Gasteiger charge is 2.12. The molecule has 0 aliphatic rings. The number of carbonyl (C=O) groups excluding carboxylic acids is 2. The van der Waals surface area contributed by atoms with Gasteiger partial charge < -0.3 is 16.0 Å². The molecule has 0 fully saturated rings. The van der Waals surface area contributed by atoms with Crippen molar-refractivity contribution in [2.24, 2.45) is 5.73 Å². The normalized spacial score (nSPS) is 12.1. The summed E-state index contributed by atoms with van der Waals surface area (Å²) in [5.74, 6) is 0.547. The highest BCUT2D eigenvalue weighted by atomic mass is 16.2. The molecule has 1 aromatic carbocycles. The molecule has 0 heterocycles. The molecule has 2 amide bonds. The first kappa shape index (κ1) is 21.2. The molecule has 5 nitrogen and oxygen atoms in total. The maximum absolute atomic E-state index is 11.9. The Morgan fingerprint density at radius 3 is 2.12 bits per heavy atom. The van der Waals surface area contributed by atoms with Crippen LogP contribution in [0.15, 0.2) is 24.3 Å². The van der Waals surface area contributed by atoms with Crippen LogP contribution < -0.4 is 11.1 Å². The van der Waals surface area contributed by atoms with Gasteiger partial charge in [-0.2, -0.15) is 0 Å². The fourth-order valence-electron chi connectivity index (χ4n) is 2.69. The lowest BCUT2D eigenvalue weighted by atomic mass is 9.99. The first-order valence-electron chi connectivity index (χ1n) is 9.28. The largest absolute Gasteiger partial charge is 0.354 e. The third-order valence-corrected chi connectivity index (χ3v) is 4.46. The summed E-state index contributed by atoms with van der Waals surface area (Å²) in [6.45, 7) is 10.1. The molecule has 1 aromatic rings. The molecule has 0 saturated heterocycles. The molecule has 0 saturated carbocycles. The molecule has 0 bridgehead atoms. The Morgan fingerprint density at radius 2 is 1.60 bits per heavy atom.